The summed E-state index contributed by atoms with van der Waals surface area (Å²) in [6.07, 6.45) is 2.79. The van der Waals surface area contributed by atoms with Crippen LogP contribution in [0.2, 0.25) is 0 Å². The van der Waals surface area contributed by atoms with E-state index >= 15 is 0 Å². The van der Waals surface area contributed by atoms with E-state index in [1.165, 1.54) is 0 Å². The zero-order valence-electron chi connectivity index (χ0n) is 19.5. The summed E-state index contributed by atoms with van der Waals surface area (Å²) in [5.41, 5.74) is 5.90. The third kappa shape index (κ3) is 4.64. The quantitative estimate of drug-likeness (QED) is 0.616. The fourth-order valence-corrected chi connectivity index (χ4v) is 4.72. The average molecular weight is 457 g/mol. The van der Waals surface area contributed by atoms with E-state index in [-0.39, 0.29) is 30.4 Å². The molecule has 1 aromatic heterocycles. The van der Waals surface area contributed by atoms with Crippen molar-refractivity contribution in [2.24, 2.45) is 0 Å². The molecule has 3 heterocycles. The van der Waals surface area contributed by atoms with Crippen molar-refractivity contribution >= 4 is 11.8 Å². The molecule has 0 saturated carbocycles. The van der Waals surface area contributed by atoms with Crippen LogP contribution < -0.4 is 10.1 Å². The summed E-state index contributed by atoms with van der Waals surface area (Å²) in [7, 11) is 0. The summed E-state index contributed by atoms with van der Waals surface area (Å²) in [5, 5.41) is 2.94. The van der Waals surface area contributed by atoms with E-state index in [0.29, 0.717) is 25.9 Å². The Labute approximate surface area is 199 Å². The number of aryl methyl sites for hydroxylation is 2. The number of nitrogens with zero attached hydrogens (tertiary/aromatic N) is 3. The molecule has 2 aliphatic heterocycles. The smallest absolute Gasteiger partial charge is 0.239 e. The monoisotopic (exact) mass is 456 g/mol. The SMILES string of the molecule is Cc1cnc(C)c(-c2ccc3c(c2)C[C@@H](CNC(=O)CN2C[C@H](c4ccccc4)CC2=O)O3)n1. The number of carbonyl (C=O) groups excluding carboxylic acids is 2. The van der Waals surface area contributed by atoms with E-state index in [1.807, 2.05) is 56.3 Å². The number of amides is 2. The summed E-state index contributed by atoms with van der Waals surface area (Å²) in [6.45, 7) is 4.94. The van der Waals surface area contributed by atoms with Crippen LogP contribution in [-0.2, 0) is 16.0 Å². The van der Waals surface area contributed by atoms with Crippen molar-refractivity contribution in [3.05, 3.63) is 77.2 Å². The molecular formula is C27H28N4O3. The Hall–Kier alpha value is -3.74. The lowest BCUT2D eigenvalue weighted by atomic mass is 9.99. The van der Waals surface area contributed by atoms with Gasteiger partial charge in [-0.25, -0.2) is 4.98 Å². The average Bonchev–Trinajstić information content (AvgIpc) is 3.42. The minimum atomic E-state index is -0.159. The van der Waals surface area contributed by atoms with E-state index in [2.05, 4.69) is 21.4 Å². The molecule has 34 heavy (non-hydrogen) atoms. The Kier molecular flexibility index (Phi) is 6.01. The van der Waals surface area contributed by atoms with Crippen LogP contribution in [-0.4, -0.2) is 52.4 Å². The summed E-state index contributed by atoms with van der Waals surface area (Å²) in [5.74, 6) is 0.843. The molecule has 174 valence electrons. The first-order chi connectivity index (χ1) is 16.5. The van der Waals surface area contributed by atoms with E-state index in [9.17, 15) is 9.59 Å². The molecule has 2 aromatic carbocycles. The number of nitrogens with one attached hydrogen (secondary N) is 1. The third-order valence-electron chi connectivity index (χ3n) is 6.50. The molecule has 1 saturated heterocycles. The second-order valence-electron chi connectivity index (χ2n) is 9.10. The van der Waals surface area contributed by atoms with Crippen LogP contribution in [0.25, 0.3) is 11.3 Å². The van der Waals surface area contributed by atoms with Gasteiger partial charge < -0.3 is 15.0 Å². The number of rotatable bonds is 6. The van der Waals surface area contributed by atoms with Crippen LogP contribution in [0.15, 0.2) is 54.7 Å². The molecule has 7 nitrogen and oxygen atoms in total. The van der Waals surface area contributed by atoms with Gasteiger partial charge in [-0.2, -0.15) is 0 Å². The van der Waals surface area contributed by atoms with Gasteiger partial charge in [-0.15, -0.1) is 0 Å². The van der Waals surface area contributed by atoms with Gasteiger partial charge >= 0.3 is 0 Å². The van der Waals surface area contributed by atoms with Crippen molar-refractivity contribution in [3.8, 4) is 17.0 Å². The second kappa shape index (κ2) is 9.25. The second-order valence-corrected chi connectivity index (χ2v) is 9.10. The van der Waals surface area contributed by atoms with E-state index in [4.69, 9.17) is 4.74 Å². The Morgan fingerprint density at radius 1 is 1.15 bits per heavy atom. The van der Waals surface area contributed by atoms with E-state index in [0.717, 1.165) is 39.5 Å². The number of aromatic nitrogens is 2. The van der Waals surface area contributed by atoms with Crippen LogP contribution in [0, 0.1) is 13.8 Å². The van der Waals surface area contributed by atoms with Crippen LogP contribution in [0.5, 0.6) is 5.75 Å². The molecule has 0 radical (unpaired) electrons. The van der Waals surface area contributed by atoms with E-state index in [1.54, 1.807) is 11.1 Å². The highest BCUT2D eigenvalue weighted by atomic mass is 16.5. The maximum atomic E-state index is 12.6. The molecule has 0 aliphatic carbocycles. The normalized spacial score (nSPS) is 19.1. The van der Waals surface area contributed by atoms with Crippen LogP contribution in [0.3, 0.4) is 0 Å². The standard InChI is InChI=1S/C27H28N4O3/c1-17-13-28-18(2)27(30-17)20-8-9-24-21(10-20)11-23(34-24)14-29-25(32)16-31-15-22(12-26(31)33)19-6-4-3-5-7-19/h3-10,13,22-23H,11-12,14-16H2,1-2H3,(H,29,32)/t22-,23+/m1/s1. The molecule has 0 bridgehead atoms. The molecule has 0 unspecified atom stereocenters. The number of likely N-dealkylation sites (tertiary alicyclic amines) is 1. The summed E-state index contributed by atoms with van der Waals surface area (Å²) in [6, 6.07) is 16.1. The van der Waals surface area contributed by atoms with Gasteiger partial charge in [-0.3, -0.25) is 14.6 Å². The fraction of sp³-hybridized carbons (Fsp3) is 0.333. The molecule has 1 fully saturated rings. The Balaban J connectivity index is 1.15. The molecule has 2 amide bonds. The van der Waals surface area contributed by atoms with Crippen molar-refractivity contribution in [1.29, 1.82) is 0 Å². The molecule has 1 N–H and O–H groups in total. The minimum absolute atomic E-state index is 0.0237. The Morgan fingerprint density at radius 2 is 1.97 bits per heavy atom. The summed E-state index contributed by atoms with van der Waals surface area (Å²) < 4.78 is 6.04. The molecule has 0 spiro atoms. The first-order valence-electron chi connectivity index (χ1n) is 11.7. The topological polar surface area (TPSA) is 84.4 Å². The van der Waals surface area contributed by atoms with Crippen LogP contribution >= 0.6 is 0 Å². The van der Waals surface area contributed by atoms with Crippen molar-refractivity contribution < 1.29 is 14.3 Å². The number of benzene rings is 2. The first-order valence-corrected chi connectivity index (χ1v) is 11.7. The summed E-state index contributed by atoms with van der Waals surface area (Å²) >= 11 is 0. The molecule has 2 aliphatic rings. The lowest BCUT2D eigenvalue weighted by Crippen LogP contribution is -2.41. The van der Waals surface area contributed by atoms with Crippen LogP contribution in [0.1, 0.15) is 34.9 Å². The van der Waals surface area contributed by atoms with Gasteiger partial charge in [0, 0.05) is 37.1 Å². The lowest BCUT2D eigenvalue weighted by Gasteiger charge is -2.17. The maximum absolute atomic E-state index is 12.6. The Bertz CT molecular complexity index is 1230. The number of hydrogen-bond donors (Lipinski definition) is 1. The van der Waals surface area contributed by atoms with Crippen LogP contribution in [0.4, 0.5) is 0 Å². The molecular weight excluding hydrogens is 428 g/mol. The van der Waals surface area contributed by atoms with Gasteiger partial charge in [-0.1, -0.05) is 30.3 Å². The predicted molar refractivity (Wildman–Crippen MR) is 128 cm³/mol. The molecule has 7 heteroatoms. The van der Waals surface area contributed by atoms with Gasteiger partial charge in [0.2, 0.25) is 11.8 Å². The number of hydrogen-bond acceptors (Lipinski definition) is 5. The number of carbonyl (C=O) groups is 2. The zero-order valence-corrected chi connectivity index (χ0v) is 19.5. The highest BCUT2D eigenvalue weighted by Gasteiger charge is 2.32. The summed E-state index contributed by atoms with van der Waals surface area (Å²) in [4.78, 5) is 35.7. The van der Waals surface area contributed by atoms with Crippen molar-refractivity contribution in [3.63, 3.8) is 0 Å². The van der Waals surface area contributed by atoms with Crippen molar-refractivity contribution in [1.82, 2.24) is 20.2 Å². The number of fused-ring (bicyclic) bond motifs is 1. The molecule has 3 aromatic rings. The van der Waals surface area contributed by atoms with Gasteiger partial charge in [0.05, 0.1) is 30.2 Å². The fourth-order valence-electron chi connectivity index (χ4n) is 4.72. The highest BCUT2D eigenvalue weighted by molar-refractivity contribution is 5.86. The molecule has 2 atom stereocenters. The lowest BCUT2D eigenvalue weighted by molar-refractivity contribution is -0.133. The minimum Gasteiger partial charge on any atom is -0.488 e. The predicted octanol–water partition coefficient (Wildman–Crippen LogP) is 3.20. The zero-order chi connectivity index (χ0) is 23.7. The van der Waals surface area contributed by atoms with Crippen molar-refractivity contribution in [2.45, 2.75) is 38.7 Å². The van der Waals surface area contributed by atoms with Crippen molar-refractivity contribution in [2.75, 3.05) is 19.6 Å². The highest BCUT2D eigenvalue weighted by Crippen LogP contribution is 2.33. The molecule has 5 rings (SSSR count). The Morgan fingerprint density at radius 3 is 2.79 bits per heavy atom. The number of ether oxygens (including phenoxy) is 1. The largest absolute Gasteiger partial charge is 0.488 e. The third-order valence-corrected chi connectivity index (χ3v) is 6.50. The first kappa shape index (κ1) is 22.1. The van der Waals surface area contributed by atoms with Gasteiger partial charge in [0.25, 0.3) is 0 Å². The van der Waals surface area contributed by atoms with Gasteiger partial charge in [0.1, 0.15) is 11.9 Å². The maximum Gasteiger partial charge on any atom is 0.239 e. The van der Waals surface area contributed by atoms with Gasteiger partial charge in [0.15, 0.2) is 0 Å². The van der Waals surface area contributed by atoms with Gasteiger partial charge in [-0.05, 0) is 43.2 Å². The van der Waals surface area contributed by atoms with E-state index < -0.39 is 0 Å².